The Kier molecular flexibility index (Phi) is 3.97. The van der Waals surface area contributed by atoms with E-state index in [0.29, 0.717) is 5.92 Å². The number of aromatic nitrogens is 1. The smallest absolute Gasteiger partial charge is 0.194 e. The predicted octanol–water partition coefficient (Wildman–Crippen LogP) is 7.17. The van der Waals surface area contributed by atoms with Gasteiger partial charge in [0.1, 0.15) is 7.05 Å². The number of aryl methyl sites for hydroxylation is 3. The molecule has 0 radical (unpaired) electrons. The van der Waals surface area contributed by atoms with Crippen molar-refractivity contribution in [1.29, 1.82) is 0 Å². The van der Waals surface area contributed by atoms with E-state index in [1.165, 1.54) is 66.3 Å². The Morgan fingerprint density at radius 3 is 2.33 bits per heavy atom. The molecule has 1 heteroatoms. The van der Waals surface area contributed by atoms with Gasteiger partial charge in [0.2, 0.25) is 11.2 Å². The van der Waals surface area contributed by atoms with Crippen molar-refractivity contribution in [2.75, 3.05) is 0 Å². The van der Waals surface area contributed by atoms with Crippen LogP contribution in [0.2, 0.25) is 0 Å². The Bertz CT molecular complexity index is 1370. The molecule has 0 aliphatic heterocycles. The Hall–Kier alpha value is -2.67. The molecule has 0 spiro atoms. The second kappa shape index (κ2) is 6.17. The first kappa shape index (κ1) is 19.3. The number of para-hydroxylation sites is 1. The van der Waals surface area contributed by atoms with Gasteiger partial charge in [-0.3, -0.25) is 0 Å². The molecule has 0 amide bonds. The van der Waals surface area contributed by atoms with Crippen LogP contribution in [-0.2, 0) is 12.5 Å². The maximum atomic E-state index is 2.46. The molecule has 0 saturated carbocycles. The van der Waals surface area contributed by atoms with Crippen molar-refractivity contribution in [3.05, 3.63) is 75.8 Å². The molecule has 3 aromatic carbocycles. The summed E-state index contributed by atoms with van der Waals surface area (Å²) >= 11 is 0. The van der Waals surface area contributed by atoms with Crippen molar-refractivity contribution in [2.24, 2.45) is 7.05 Å². The zero-order chi connectivity index (χ0) is 21.5. The molecule has 0 bridgehead atoms. The fraction of sp³-hybridized carbons (Fsp3) is 0.345. The van der Waals surface area contributed by atoms with E-state index in [1.54, 1.807) is 0 Å². The number of fused-ring (bicyclic) bond motifs is 3. The van der Waals surface area contributed by atoms with Gasteiger partial charge in [0, 0.05) is 17.0 Å². The van der Waals surface area contributed by atoms with E-state index in [1.807, 2.05) is 0 Å². The molecule has 152 valence electrons. The van der Waals surface area contributed by atoms with E-state index >= 15 is 0 Å². The highest BCUT2D eigenvalue weighted by Gasteiger charge is 2.43. The van der Waals surface area contributed by atoms with Crippen LogP contribution in [-0.4, -0.2) is 0 Å². The molecule has 1 aromatic heterocycles. The largest absolute Gasteiger partial charge is 0.218 e. The molecule has 1 nitrogen and oxygen atoms in total. The number of hydrogen-bond donors (Lipinski definition) is 0. The first-order valence-corrected chi connectivity index (χ1v) is 11.1. The predicted molar refractivity (Wildman–Crippen MR) is 128 cm³/mol. The van der Waals surface area contributed by atoms with Crippen molar-refractivity contribution < 1.29 is 4.57 Å². The second-order valence-corrected chi connectivity index (χ2v) is 10.1. The third-order valence-corrected chi connectivity index (χ3v) is 7.41. The van der Waals surface area contributed by atoms with Gasteiger partial charge in [-0.25, -0.2) is 0 Å². The van der Waals surface area contributed by atoms with Crippen molar-refractivity contribution in [2.45, 2.75) is 59.8 Å². The van der Waals surface area contributed by atoms with Gasteiger partial charge in [-0.05, 0) is 65.8 Å². The van der Waals surface area contributed by atoms with Gasteiger partial charge in [-0.15, -0.1) is 0 Å². The second-order valence-electron chi connectivity index (χ2n) is 10.1. The number of nitrogens with zero attached hydrogens (tertiary/aromatic N) is 1. The summed E-state index contributed by atoms with van der Waals surface area (Å²) in [5.41, 5.74) is 12.7. The highest BCUT2D eigenvalue weighted by Crippen LogP contribution is 2.52. The lowest BCUT2D eigenvalue weighted by molar-refractivity contribution is -0.634. The zero-order valence-corrected chi connectivity index (χ0v) is 19.6. The van der Waals surface area contributed by atoms with Gasteiger partial charge < -0.3 is 0 Å². The molecule has 0 fully saturated rings. The number of benzene rings is 3. The van der Waals surface area contributed by atoms with Crippen LogP contribution >= 0.6 is 0 Å². The maximum absolute atomic E-state index is 2.46. The topological polar surface area (TPSA) is 3.88 Å². The van der Waals surface area contributed by atoms with Gasteiger partial charge in [-0.1, -0.05) is 63.6 Å². The number of pyridine rings is 1. The lowest BCUT2D eigenvalue weighted by Gasteiger charge is -2.37. The average molecular weight is 395 g/mol. The summed E-state index contributed by atoms with van der Waals surface area (Å²) in [6.07, 6.45) is 0. The molecule has 1 aliphatic rings. The summed E-state index contributed by atoms with van der Waals surface area (Å²) in [7, 11) is 2.26. The van der Waals surface area contributed by atoms with E-state index in [0.717, 1.165) is 0 Å². The monoisotopic (exact) mass is 394 g/mol. The minimum absolute atomic E-state index is 0.0598. The summed E-state index contributed by atoms with van der Waals surface area (Å²) in [5.74, 6) is 0.455. The maximum Gasteiger partial charge on any atom is 0.218 e. The van der Waals surface area contributed by atoms with E-state index < -0.39 is 0 Å². The average Bonchev–Trinajstić information content (AvgIpc) is 2.68. The van der Waals surface area contributed by atoms with Crippen LogP contribution in [0, 0.1) is 20.8 Å². The summed E-state index contributed by atoms with van der Waals surface area (Å²) < 4.78 is 2.46. The van der Waals surface area contributed by atoms with Crippen LogP contribution in [0.25, 0.3) is 32.9 Å². The van der Waals surface area contributed by atoms with Gasteiger partial charge >= 0.3 is 0 Å². The lowest BCUT2D eigenvalue weighted by atomic mass is 9.65. The lowest BCUT2D eigenvalue weighted by Crippen LogP contribution is -2.40. The Morgan fingerprint density at radius 1 is 0.933 bits per heavy atom. The first-order valence-electron chi connectivity index (χ1n) is 11.1. The van der Waals surface area contributed by atoms with Gasteiger partial charge in [0.05, 0.1) is 10.9 Å². The molecule has 0 N–H and O–H groups in total. The molecular formula is C29H32N+. The van der Waals surface area contributed by atoms with Gasteiger partial charge in [0.25, 0.3) is 0 Å². The SMILES string of the molecule is Cc1cc2c3c(c(C)c(C)cc3c1)-c1c(c(C(C)C)c3ccccc3[n+]1C)C2(C)C. The highest BCUT2D eigenvalue weighted by atomic mass is 14.9. The normalized spacial score (nSPS) is 14.6. The van der Waals surface area contributed by atoms with E-state index in [4.69, 9.17) is 0 Å². The van der Waals surface area contributed by atoms with Crippen LogP contribution in [0.3, 0.4) is 0 Å². The van der Waals surface area contributed by atoms with Gasteiger partial charge in [-0.2, -0.15) is 4.57 Å². The third kappa shape index (κ3) is 2.32. The summed E-state index contributed by atoms with van der Waals surface area (Å²) in [6, 6.07) is 16.1. The molecule has 5 rings (SSSR count). The molecular weight excluding hydrogens is 362 g/mol. The van der Waals surface area contributed by atoms with E-state index in [-0.39, 0.29) is 5.41 Å². The van der Waals surface area contributed by atoms with E-state index in [9.17, 15) is 0 Å². The molecule has 4 aromatic rings. The number of rotatable bonds is 1. The molecule has 0 atom stereocenters. The van der Waals surface area contributed by atoms with Crippen molar-refractivity contribution >= 4 is 21.7 Å². The molecule has 0 saturated heterocycles. The summed E-state index contributed by atoms with van der Waals surface area (Å²) in [4.78, 5) is 0. The molecule has 30 heavy (non-hydrogen) atoms. The Labute approximate surface area is 180 Å². The molecule has 1 aliphatic carbocycles. The summed E-state index contributed by atoms with van der Waals surface area (Å²) in [5, 5.41) is 4.21. The van der Waals surface area contributed by atoms with Crippen LogP contribution in [0.1, 0.15) is 67.0 Å². The highest BCUT2D eigenvalue weighted by molar-refractivity contribution is 6.05. The number of hydrogen-bond acceptors (Lipinski definition) is 0. The zero-order valence-electron chi connectivity index (χ0n) is 19.6. The minimum atomic E-state index is -0.0598. The van der Waals surface area contributed by atoms with Crippen LogP contribution in [0.15, 0.2) is 42.5 Å². The van der Waals surface area contributed by atoms with Gasteiger partial charge in [0.15, 0.2) is 0 Å². The Balaban J connectivity index is 2.16. The Morgan fingerprint density at radius 2 is 1.63 bits per heavy atom. The molecule has 0 unspecified atom stereocenters. The van der Waals surface area contributed by atoms with Crippen molar-refractivity contribution in [1.82, 2.24) is 0 Å². The minimum Gasteiger partial charge on any atom is -0.194 e. The third-order valence-electron chi connectivity index (χ3n) is 7.41. The molecule has 1 heterocycles. The fourth-order valence-electron chi connectivity index (χ4n) is 5.93. The van der Waals surface area contributed by atoms with Crippen molar-refractivity contribution in [3.63, 3.8) is 0 Å². The summed E-state index contributed by atoms with van der Waals surface area (Å²) in [6.45, 7) is 16.4. The van der Waals surface area contributed by atoms with Crippen molar-refractivity contribution in [3.8, 4) is 11.3 Å². The quantitative estimate of drug-likeness (QED) is 0.301. The van der Waals surface area contributed by atoms with Crippen LogP contribution < -0.4 is 4.57 Å². The first-order chi connectivity index (χ1) is 14.1. The van der Waals surface area contributed by atoms with E-state index in [2.05, 4.69) is 103 Å². The standard InChI is InChI=1S/C29H32N/c1-16(2)24-21-11-9-10-12-23(21)30(8)28-25-19(5)18(4)15-20-13-17(3)14-22(26(20)25)29(6,7)27(24)28/h9-16H,1-8H3/q+1. The fourth-order valence-corrected chi connectivity index (χ4v) is 5.93. The van der Waals surface area contributed by atoms with Crippen LogP contribution in [0.4, 0.5) is 0 Å². The van der Waals surface area contributed by atoms with Crippen LogP contribution in [0.5, 0.6) is 0 Å².